The Balaban J connectivity index is 1.82. The van der Waals surface area contributed by atoms with Gasteiger partial charge in [0.2, 0.25) is 5.88 Å². The first kappa shape index (κ1) is 13.3. The Morgan fingerprint density at radius 2 is 2.21 bits per heavy atom. The molecule has 0 atom stereocenters. The van der Waals surface area contributed by atoms with E-state index in [1.54, 1.807) is 18.6 Å². The van der Waals surface area contributed by atoms with Gasteiger partial charge in [-0.3, -0.25) is 9.97 Å². The van der Waals surface area contributed by atoms with Crippen LogP contribution in [0.4, 0.5) is 5.82 Å². The van der Waals surface area contributed by atoms with Crippen LogP contribution >= 0.6 is 0 Å². The maximum Gasteiger partial charge on any atom is 0.234 e. The van der Waals surface area contributed by atoms with Crippen LogP contribution in [0.2, 0.25) is 0 Å². The van der Waals surface area contributed by atoms with Crippen LogP contribution in [0.3, 0.4) is 0 Å². The van der Waals surface area contributed by atoms with Crippen LogP contribution in [0.5, 0.6) is 5.88 Å². The second-order valence-electron chi connectivity index (χ2n) is 4.09. The van der Waals surface area contributed by atoms with Crippen molar-refractivity contribution in [1.82, 2.24) is 15.0 Å². The minimum Gasteiger partial charge on any atom is -0.476 e. The number of pyridine rings is 1. The molecule has 0 saturated carbocycles. The lowest BCUT2D eigenvalue weighted by molar-refractivity contribution is 0.307. The molecular weight excluding hydrogens is 240 g/mol. The van der Waals surface area contributed by atoms with Crippen molar-refractivity contribution in [3.8, 4) is 5.88 Å². The van der Waals surface area contributed by atoms with Gasteiger partial charge in [0.25, 0.3) is 0 Å². The zero-order valence-electron chi connectivity index (χ0n) is 11.0. The van der Waals surface area contributed by atoms with Crippen LogP contribution in [0.15, 0.2) is 36.8 Å². The Morgan fingerprint density at radius 3 is 3.00 bits per heavy atom. The minimum atomic E-state index is 0.539. The number of rotatable bonds is 7. The Bertz CT molecular complexity index is 490. The molecule has 0 aromatic carbocycles. The van der Waals surface area contributed by atoms with Crippen molar-refractivity contribution in [2.24, 2.45) is 0 Å². The molecule has 0 aliphatic heterocycles. The van der Waals surface area contributed by atoms with Crippen LogP contribution in [0.25, 0.3) is 0 Å². The summed E-state index contributed by atoms with van der Waals surface area (Å²) in [5.74, 6) is 1.29. The average molecular weight is 258 g/mol. The third-order valence-electron chi connectivity index (χ3n) is 2.50. The molecule has 0 aliphatic rings. The highest BCUT2D eigenvalue weighted by Crippen LogP contribution is 2.09. The van der Waals surface area contributed by atoms with Gasteiger partial charge in [-0.15, -0.1) is 0 Å². The van der Waals surface area contributed by atoms with E-state index < -0.39 is 0 Å². The summed E-state index contributed by atoms with van der Waals surface area (Å²) < 4.78 is 5.58. The molecule has 2 heterocycles. The zero-order chi connectivity index (χ0) is 13.3. The Kier molecular flexibility index (Phi) is 5.10. The van der Waals surface area contributed by atoms with Crippen LogP contribution < -0.4 is 10.1 Å². The van der Waals surface area contributed by atoms with E-state index >= 15 is 0 Å². The monoisotopic (exact) mass is 258 g/mol. The van der Waals surface area contributed by atoms with Gasteiger partial charge >= 0.3 is 0 Å². The van der Waals surface area contributed by atoms with Gasteiger partial charge in [-0.25, -0.2) is 0 Å². The number of nitrogens with one attached hydrogen (secondary N) is 1. The molecule has 2 rings (SSSR count). The largest absolute Gasteiger partial charge is 0.476 e. The molecule has 100 valence electrons. The smallest absolute Gasteiger partial charge is 0.234 e. The van der Waals surface area contributed by atoms with E-state index in [4.69, 9.17) is 4.74 Å². The molecule has 0 saturated heterocycles. The summed E-state index contributed by atoms with van der Waals surface area (Å²) in [5, 5.41) is 3.18. The highest BCUT2D eigenvalue weighted by atomic mass is 16.5. The van der Waals surface area contributed by atoms with Gasteiger partial charge in [0, 0.05) is 24.9 Å². The van der Waals surface area contributed by atoms with Crippen LogP contribution in [-0.4, -0.2) is 28.1 Å². The van der Waals surface area contributed by atoms with Crippen molar-refractivity contribution in [3.63, 3.8) is 0 Å². The lowest BCUT2D eigenvalue weighted by Crippen LogP contribution is -2.06. The quantitative estimate of drug-likeness (QED) is 0.825. The molecule has 5 heteroatoms. The van der Waals surface area contributed by atoms with Gasteiger partial charge in [0.05, 0.1) is 19.0 Å². The highest BCUT2D eigenvalue weighted by Gasteiger charge is 2.00. The Hall–Kier alpha value is -2.17. The molecule has 0 unspecified atom stereocenters. The van der Waals surface area contributed by atoms with E-state index in [9.17, 15) is 0 Å². The highest BCUT2D eigenvalue weighted by molar-refractivity contribution is 5.32. The second kappa shape index (κ2) is 7.31. The molecule has 19 heavy (non-hydrogen) atoms. The number of nitrogens with zero attached hydrogens (tertiary/aromatic N) is 3. The summed E-state index contributed by atoms with van der Waals surface area (Å²) in [6, 6.07) is 5.85. The molecule has 5 nitrogen and oxygen atoms in total. The molecule has 0 aliphatic carbocycles. The van der Waals surface area contributed by atoms with Gasteiger partial charge in [0.15, 0.2) is 0 Å². The van der Waals surface area contributed by atoms with Crippen molar-refractivity contribution in [1.29, 1.82) is 0 Å². The van der Waals surface area contributed by atoms with Crippen molar-refractivity contribution >= 4 is 5.82 Å². The van der Waals surface area contributed by atoms with Gasteiger partial charge in [-0.05, 0) is 18.6 Å². The average Bonchev–Trinajstić information content (AvgIpc) is 2.47. The summed E-state index contributed by atoms with van der Waals surface area (Å²) in [4.78, 5) is 12.7. The topological polar surface area (TPSA) is 59.9 Å². The van der Waals surface area contributed by atoms with Crippen LogP contribution in [0.1, 0.15) is 19.0 Å². The number of ether oxygens (including phenoxy) is 1. The standard InChI is InChI=1S/C14H18N4O/c1-2-7-17-13-10-15-11-14(18-13)19-9-6-12-5-3-4-8-16-12/h3-5,8,10-11H,2,6-7,9H2,1H3,(H,17,18). The molecule has 0 radical (unpaired) electrons. The van der Waals surface area contributed by atoms with Crippen molar-refractivity contribution in [3.05, 3.63) is 42.5 Å². The van der Waals surface area contributed by atoms with E-state index in [2.05, 4.69) is 27.2 Å². The third-order valence-corrected chi connectivity index (χ3v) is 2.50. The molecule has 0 fully saturated rings. The van der Waals surface area contributed by atoms with Crippen molar-refractivity contribution in [2.45, 2.75) is 19.8 Å². The summed E-state index contributed by atoms with van der Waals surface area (Å²) in [6.45, 7) is 3.53. The summed E-state index contributed by atoms with van der Waals surface area (Å²) in [5.41, 5.74) is 1.01. The minimum absolute atomic E-state index is 0.539. The molecule has 1 N–H and O–H groups in total. The molecule has 0 amide bonds. The normalized spacial score (nSPS) is 10.2. The molecule has 0 spiro atoms. The molecular formula is C14H18N4O. The van der Waals surface area contributed by atoms with Crippen LogP contribution in [0, 0.1) is 0 Å². The number of anilines is 1. The predicted molar refractivity (Wildman–Crippen MR) is 74.2 cm³/mol. The van der Waals surface area contributed by atoms with E-state index in [-0.39, 0.29) is 0 Å². The summed E-state index contributed by atoms with van der Waals surface area (Å²) >= 11 is 0. The van der Waals surface area contributed by atoms with Gasteiger partial charge in [-0.2, -0.15) is 4.98 Å². The number of hydrogen-bond acceptors (Lipinski definition) is 5. The maximum atomic E-state index is 5.58. The second-order valence-corrected chi connectivity index (χ2v) is 4.09. The fourth-order valence-corrected chi connectivity index (χ4v) is 1.56. The van der Waals surface area contributed by atoms with E-state index in [1.807, 2.05) is 18.2 Å². The lowest BCUT2D eigenvalue weighted by Gasteiger charge is -2.07. The fraction of sp³-hybridized carbons (Fsp3) is 0.357. The van der Waals surface area contributed by atoms with Gasteiger partial charge in [0.1, 0.15) is 5.82 Å². The van der Waals surface area contributed by atoms with Crippen molar-refractivity contribution in [2.75, 3.05) is 18.5 Å². The summed E-state index contributed by atoms with van der Waals surface area (Å²) in [6.07, 6.45) is 6.91. The van der Waals surface area contributed by atoms with Gasteiger partial charge in [-0.1, -0.05) is 13.0 Å². The summed E-state index contributed by atoms with van der Waals surface area (Å²) in [7, 11) is 0. The van der Waals surface area contributed by atoms with E-state index in [0.29, 0.717) is 12.5 Å². The SMILES string of the molecule is CCCNc1cncc(OCCc2ccccn2)n1. The predicted octanol–water partition coefficient (Wildman–Crippen LogP) is 2.32. The Morgan fingerprint density at radius 1 is 1.26 bits per heavy atom. The first-order valence-corrected chi connectivity index (χ1v) is 6.47. The Labute approximate surface area is 113 Å². The van der Waals surface area contributed by atoms with Crippen molar-refractivity contribution < 1.29 is 4.74 Å². The lowest BCUT2D eigenvalue weighted by atomic mass is 10.3. The molecule has 2 aromatic heterocycles. The fourth-order valence-electron chi connectivity index (χ4n) is 1.56. The number of hydrogen-bond donors (Lipinski definition) is 1. The molecule has 0 bridgehead atoms. The first-order chi connectivity index (χ1) is 9.38. The van der Waals surface area contributed by atoms with E-state index in [1.165, 1.54) is 0 Å². The van der Waals surface area contributed by atoms with Crippen LogP contribution in [-0.2, 0) is 6.42 Å². The first-order valence-electron chi connectivity index (χ1n) is 6.47. The molecule has 2 aromatic rings. The maximum absolute atomic E-state index is 5.58. The third kappa shape index (κ3) is 4.54. The van der Waals surface area contributed by atoms with Gasteiger partial charge < -0.3 is 10.1 Å². The number of aromatic nitrogens is 3. The zero-order valence-corrected chi connectivity index (χ0v) is 11.0. The van der Waals surface area contributed by atoms with E-state index in [0.717, 1.165) is 30.9 Å².